The standard InChI is InChI=1S/C17H14N2O3/c20-10-14-15(11-6-2-1-3-7-11)18(14)19-16(21)12-8-4-5-9-13(12)17(19)22/h1-9,14-15,20H,10H2. The fourth-order valence-corrected chi connectivity index (χ4v) is 3.13. The number of carbonyl (C=O) groups is 2. The van der Waals surface area contributed by atoms with Crippen LogP contribution in [0.25, 0.3) is 0 Å². The maximum atomic E-state index is 12.5. The van der Waals surface area contributed by atoms with E-state index in [1.54, 1.807) is 29.3 Å². The van der Waals surface area contributed by atoms with Crippen molar-refractivity contribution in [2.45, 2.75) is 12.1 Å². The summed E-state index contributed by atoms with van der Waals surface area (Å²) in [5.74, 6) is -0.644. The molecule has 3 atom stereocenters. The van der Waals surface area contributed by atoms with E-state index in [0.717, 1.165) is 5.56 Å². The first-order chi connectivity index (χ1) is 10.7. The largest absolute Gasteiger partial charge is 0.395 e. The topological polar surface area (TPSA) is 60.6 Å². The van der Waals surface area contributed by atoms with Crippen LogP contribution in [0.3, 0.4) is 0 Å². The average molecular weight is 294 g/mol. The van der Waals surface area contributed by atoms with Gasteiger partial charge in [0.05, 0.1) is 29.8 Å². The zero-order chi connectivity index (χ0) is 15.3. The molecule has 2 aliphatic heterocycles. The van der Waals surface area contributed by atoms with Gasteiger partial charge in [-0.1, -0.05) is 42.5 Å². The Kier molecular flexibility index (Phi) is 2.85. The van der Waals surface area contributed by atoms with Crippen molar-refractivity contribution in [2.24, 2.45) is 0 Å². The highest BCUT2D eigenvalue weighted by atomic mass is 16.3. The molecule has 4 rings (SSSR count). The van der Waals surface area contributed by atoms with Crippen LogP contribution in [0.15, 0.2) is 54.6 Å². The van der Waals surface area contributed by atoms with Gasteiger partial charge in [0, 0.05) is 0 Å². The molecular formula is C17H14N2O3. The summed E-state index contributed by atoms with van der Waals surface area (Å²) in [4.78, 5) is 25.0. The number of aliphatic hydroxyl groups is 1. The number of nitrogens with zero attached hydrogens (tertiary/aromatic N) is 2. The van der Waals surface area contributed by atoms with Crippen molar-refractivity contribution in [1.82, 2.24) is 10.0 Å². The normalized spacial score (nSPS) is 26.2. The average Bonchev–Trinajstić information content (AvgIpc) is 3.23. The number of benzene rings is 2. The molecule has 1 N–H and O–H groups in total. The van der Waals surface area contributed by atoms with E-state index in [-0.39, 0.29) is 30.5 Å². The first kappa shape index (κ1) is 13.2. The summed E-state index contributed by atoms with van der Waals surface area (Å²) in [6.07, 6.45) is 0. The number of amides is 2. The molecule has 5 nitrogen and oxygen atoms in total. The maximum Gasteiger partial charge on any atom is 0.276 e. The minimum absolute atomic E-state index is 0.104. The van der Waals surface area contributed by atoms with Gasteiger partial charge < -0.3 is 5.11 Å². The Balaban J connectivity index is 1.69. The number of hydrogen-bond acceptors (Lipinski definition) is 4. The molecule has 110 valence electrons. The van der Waals surface area contributed by atoms with Gasteiger partial charge in [0.2, 0.25) is 0 Å². The first-order valence-corrected chi connectivity index (χ1v) is 7.16. The van der Waals surface area contributed by atoms with Gasteiger partial charge in [-0.05, 0) is 17.7 Å². The lowest BCUT2D eigenvalue weighted by atomic mass is 10.1. The van der Waals surface area contributed by atoms with Gasteiger partial charge >= 0.3 is 0 Å². The molecule has 2 heterocycles. The molecule has 3 unspecified atom stereocenters. The van der Waals surface area contributed by atoms with Crippen LogP contribution in [0.4, 0.5) is 0 Å². The number of rotatable bonds is 3. The highest BCUT2D eigenvalue weighted by Crippen LogP contribution is 2.46. The Morgan fingerprint density at radius 1 is 0.864 bits per heavy atom. The summed E-state index contributed by atoms with van der Waals surface area (Å²) >= 11 is 0. The van der Waals surface area contributed by atoms with Crippen LogP contribution >= 0.6 is 0 Å². The fourth-order valence-electron chi connectivity index (χ4n) is 3.13. The van der Waals surface area contributed by atoms with Gasteiger partial charge in [-0.2, -0.15) is 5.01 Å². The lowest BCUT2D eigenvalue weighted by Crippen LogP contribution is -2.37. The monoisotopic (exact) mass is 294 g/mol. The zero-order valence-electron chi connectivity index (χ0n) is 11.7. The summed E-state index contributed by atoms with van der Waals surface area (Å²) in [7, 11) is 0. The van der Waals surface area contributed by atoms with Gasteiger partial charge in [-0.25, -0.2) is 5.01 Å². The summed E-state index contributed by atoms with van der Waals surface area (Å²) in [6.45, 7) is -0.104. The van der Waals surface area contributed by atoms with Gasteiger partial charge in [0.15, 0.2) is 0 Å². The third kappa shape index (κ3) is 1.73. The molecule has 0 bridgehead atoms. The minimum atomic E-state index is -0.322. The Labute approximate surface area is 127 Å². The SMILES string of the molecule is O=C1c2ccccc2C(=O)N1N1C(CO)C1c1ccccc1. The molecule has 1 fully saturated rings. The molecule has 2 aromatic carbocycles. The number of hydrazine groups is 1. The minimum Gasteiger partial charge on any atom is -0.395 e. The van der Waals surface area contributed by atoms with Crippen molar-refractivity contribution >= 4 is 11.8 Å². The van der Waals surface area contributed by atoms with Gasteiger partial charge in [0.25, 0.3) is 11.8 Å². The molecule has 2 amide bonds. The van der Waals surface area contributed by atoms with E-state index in [0.29, 0.717) is 11.1 Å². The second-order valence-corrected chi connectivity index (χ2v) is 5.45. The lowest BCUT2D eigenvalue weighted by molar-refractivity contribution is 0.0323. The second-order valence-electron chi connectivity index (χ2n) is 5.45. The van der Waals surface area contributed by atoms with E-state index >= 15 is 0 Å². The maximum absolute atomic E-state index is 12.5. The highest BCUT2D eigenvalue weighted by Gasteiger charge is 2.57. The first-order valence-electron chi connectivity index (χ1n) is 7.16. The third-order valence-corrected chi connectivity index (χ3v) is 4.23. The van der Waals surface area contributed by atoms with Crippen molar-refractivity contribution in [3.05, 3.63) is 71.3 Å². The second kappa shape index (κ2) is 4.76. The smallest absolute Gasteiger partial charge is 0.276 e. The van der Waals surface area contributed by atoms with Crippen molar-refractivity contribution < 1.29 is 14.7 Å². The highest BCUT2D eigenvalue weighted by molar-refractivity contribution is 6.21. The van der Waals surface area contributed by atoms with Gasteiger partial charge in [0.1, 0.15) is 0 Å². The number of imide groups is 1. The number of fused-ring (bicyclic) bond motifs is 1. The summed E-state index contributed by atoms with van der Waals surface area (Å²) in [6, 6.07) is 16.0. The molecule has 5 heteroatoms. The summed E-state index contributed by atoms with van der Waals surface area (Å²) in [5.41, 5.74) is 1.82. The molecular weight excluding hydrogens is 280 g/mol. The predicted octanol–water partition coefficient (Wildman–Crippen LogP) is 1.62. The van der Waals surface area contributed by atoms with E-state index in [9.17, 15) is 14.7 Å². The van der Waals surface area contributed by atoms with E-state index < -0.39 is 0 Å². The molecule has 0 aliphatic carbocycles. The Morgan fingerprint density at radius 3 is 1.95 bits per heavy atom. The third-order valence-electron chi connectivity index (χ3n) is 4.23. The molecule has 0 radical (unpaired) electrons. The van der Waals surface area contributed by atoms with E-state index in [2.05, 4.69) is 0 Å². The van der Waals surface area contributed by atoms with E-state index in [1.807, 2.05) is 30.3 Å². The van der Waals surface area contributed by atoms with Crippen molar-refractivity contribution in [3.8, 4) is 0 Å². The summed E-state index contributed by atoms with van der Waals surface area (Å²) in [5, 5.41) is 12.4. The predicted molar refractivity (Wildman–Crippen MR) is 78.8 cm³/mol. The molecule has 1 saturated heterocycles. The summed E-state index contributed by atoms with van der Waals surface area (Å²) < 4.78 is 0. The van der Waals surface area contributed by atoms with Crippen molar-refractivity contribution in [2.75, 3.05) is 6.61 Å². The number of hydrogen-bond donors (Lipinski definition) is 1. The number of carbonyl (C=O) groups excluding carboxylic acids is 2. The number of aliphatic hydroxyl groups excluding tert-OH is 1. The van der Waals surface area contributed by atoms with Crippen LogP contribution in [-0.4, -0.2) is 39.6 Å². The zero-order valence-corrected chi connectivity index (χ0v) is 11.7. The van der Waals surface area contributed by atoms with Crippen LogP contribution in [0.5, 0.6) is 0 Å². The molecule has 0 aromatic heterocycles. The molecule has 22 heavy (non-hydrogen) atoms. The van der Waals surface area contributed by atoms with Crippen molar-refractivity contribution in [3.63, 3.8) is 0 Å². The van der Waals surface area contributed by atoms with Crippen LogP contribution in [0.2, 0.25) is 0 Å². The quantitative estimate of drug-likeness (QED) is 0.690. The van der Waals surface area contributed by atoms with Gasteiger partial charge in [-0.15, -0.1) is 0 Å². The lowest BCUT2D eigenvalue weighted by Gasteiger charge is -2.16. The Hall–Kier alpha value is -2.50. The molecule has 2 aromatic rings. The molecule has 0 saturated carbocycles. The Bertz CT molecular complexity index is 725. The Morgan fingerprint density at radius 2 is 1.41 bits per heavy atom. The van der Waals surface area contributed by atoms with Crippen LogP contribution < -0.4 is 0 Å². The fraction of sp³-hybridized carbons (Fsp3) is 0.176. The van der Waals surface area contributed by atoms with E-state index in [1.165, 1.54) is 5.01 Å². The van der Waals surface area contributed by atoms with Crippen LogP contribution in [-0.2, 0) is 0 Å². The van der Waals surface area contributed by atoms with Gasteiger partial charge in [-0.3, -0.25) is 9.59 Å². The van der Waals surface area contributed by atoms with Crippen molar-refractivity contribution in [1.29, 1.82) is 0 Å². The van der Waals surface area contributed by atoms with E-state index in [4.69, 9.17) is 0 Å². The molecule has 0 spiro atoms. The van der Waals surface area contributed by atoms with Crippen LogP contribution in [0, 0.1) is 0 Å². The molecule has 2 aliphatic rings. The van der Waals surface area contributed by atoms with Crippen LogP contribution in [0.1, 0.15) is 32.3 Å².